The molecule has 0 spiro atoms. The summed E-state index contributed by atoms with van der Waals surface area (Å²) < 4.78 is 17.6. The van der Waals surface area contributed by atoms with Gasteiger partial charge in [-0.25, -0.2) is 0 Å². The van der Waals surface area contributed by atoms with Crippen molar-refractivity contribution in [2.24, 2.45) is 0 Å². The summed E-state index contributed by atoms with van der Waals surface area (Å²) in [6, 6.07) is 13.7. The van der Waals surface area contributed by atoms with E-state index in [1.54, 1.807) is 6.92 Å². The summed E-state index contributed by atoms with van der Waals surface area (Å²) in [6.45, 7) is 3.36. The molecule has 0 bridgehead atoms. The number of benzene rings is 3. The Labute approximate surface area is 271 Å². The first-order chi connectivity index (χ1) is 21.4. The second-order valence-electron chi connectivity index (χ2n) is 11.9. The number of phenols is 2. The highest BCUT2D eigenvalue weighted by Gasteiger charge is 2.49. The molecule has 0 aromatic heterocycles. The number of methoxy groups -OCH3 is 1. The zero-order valence-electron chi connectivity index (χ0n) is 25.5. The lowest BCUT2D eigenvalue weighted by atomic mass is 9.72. The van der Waals surface area contributed by atoms with E-state index in [2.05, 4.69) is 5.32 Å². The van der Waals surface area contributed by atoms with Crippen LogP contribution in [0.1, 0.15) is 81.3 Å². The summed E-state index contributed by atoms with van der Waals surface area (Å²) in [5, 5.41) is 48.8. The lowest BCUT2D eigenvalue weighted by Gasteiger charge is -2.43. The van der Waals surface area contributed by atoms with Gasteiger partial charge in [0.25, 0.3) is 0 Å². The summed E-state index contributed by atoms with van der Waals surface area (Å²) in [5.74, 6) is -3.13. The van der Waals surface area contributed by atoms with Crippen LogP contribution in [0.5, 0.6) is 17.2 Å². The maximum atomic E-state index is 13.8. The van der Waals surface area contributed by atoms with Crippen molar-refractivity contribution in [2.75, 3.05) is 7.11 Å². The molecule has 6 rings (SSSR count). The number of phenolic OH excluding ortho intramolecular Hbond substituents is 2. The topological polar surface area (TPSA) is 172 Å². The maximum absolute atomic E-state index is 13.8. The minimum Gasteiger partial charge on any atom is -0.507 e. The Bertz CT molecular complexity index is 1700. The van der Waals surface area contributed by atoms with Crippen molar-refractivity contribution in [3.05, 3.63) is 87.5 Å². The Hall–Kier alpha value is -3.84. The summed E-state index contributed by atoms with van der Waals surface area (Å²) in [5.41, 5.74) is -1.98. The molecule has 1 fully saturated rings. The van der Waals surface area contributed by atoms with E-state index in [4.69, 9.17) is 14.2 Å². The van der Waals surface area contributed by atoms with Gasteiger partial charge in [-0.3, -0.25) is 14.4 Å². The van der Waals surface area contributed by atoms with Crippen LogP contribution in [-0.2, 0) is 27.2 Å². The number of rotatable bonds is 7. The molecule has 11 nitrogen and oxygen atoms in total. The predicted octanol–water partition coefficient (Wildman–Crippen LogP) is 3.28. The van der Waals surface area contributed by atoms with Crippen molar-refractivity contribution in [2.45, 2.75) is 75.9 Å². The van der Waals surface area contributed by atoms with E-state index >= 15 is 0 Å². The van der Waals surface area contributed by atoms with Crippen LogP contribution in [0.4, 0.5) is 0 Å². The number of carbonyl (C=O) groups excluding carboxylic acids is 3. The Balaban J connectivity index is 0.00000417. The number of aliphatic hydroxyl groups is 2. The van der Waals surface area contributed by atoms with E-state index in [0.717, 1.165) is 5.56 Å². The van der Waals surface area contributed by atoms with Crippen LogP contribution in [0.2, 0.25) is 0 Å². The first kappa shape index (κ1) is 33.5. The van der Waals surface area contributed by atoms with Gasteiger partial charge < -0.3 is 40.0 Å². The summed E-state index contributed by atoms with van der Waals surface area (Å²) in [7, 11) is 1.35. The van der Waals surface area contributed by atoms with Gasteiger partial charge in [-0.05, 0) is 25.5 Å². The first-order valence-corrected chi connectivity index (χ1v) is 14.8. The fourth-order valence-electron chi connectivity index (χ4n) is 6.67. The minimum atomic E-state index is -2.01. The van der Waals surface area contributed by atoms with Gasteiger partial charge in [0.05, 0.1) is 42.1 Å². The van der Waals surface area contributed by atoms with Gasteiger partial charge in [-0.1, -0.05) is 42.5 Å². The van der Waals surface area contributed by atoms with Crippen molar-refractivity contribution < 1.29 is 49.0 Å². The van der Waals surface area contributed by atoms with Gasteiger partial charge in [-0.15, -0.1) is 12.4 Å². The van der Waals surface area contributed by atoms with Gasteiger partial charge in [0.2, 0.25) is 5.78 Å². The van der Waals surface area contributed by atoms with Crippen molar-refractivity contribution in [1.82, 2.24) is 5.32 Å². The van der Waals surface area contributed by atoms with Gasteiger partial charge >= 0.3 is 0 Å². The van der Waals surface area contributed by atoms with Crippen molar-refractivity contribution in [1.29, 1.82) is 0 Å². The minimum absolute atomic E-state index is 0. The quantitative estimate of drug-likeness (QED) is 0.185. The van der Waals surface area contributed by atoms with Crippen LogP contribution in [0, 0.1) is 0 Å². The van der Waals surface area contributed by atoms with Gasteiger partial charge in [0, 0.05) is 48.5 Å². The molecular formula is C34H36ClNO10. The number of fused-ring (bicyclic) bond motifs is 3. The van der Waals surface area contributed by atoms with Crippen molar-refractivity contribution in [3.8, 4) is 17.2 Å². The van der Waals surface area contributed by atoms with E-state index in [1.165, 1.54) is 32.2 Å². The lowest BCUT2D eigenvalue weighted by Crippen LogP contribution is -2.54. The Morgan fingerprint density at radius 1 is 1.02 bits per heavy atom. The third kappa shape index (κ3) is 5.57. The van der Waals surface area contributed by atoms with E-state index in [1.807, 2.05) is 30.3 Å². The number of halogens is 1. The predicted molar refractivity (Wildman–Crippen MR) is 167 cm³/mol. The van der Waals surface area contributed by atoms with E-state index in [9.17, 15) is 34.8 Å². The molecule has 0 saturated carbocycles. The molecule has 1 aliphatic heterocycles. The Kier molecular flexibility index (Phi) is 9.29. The summed E-state index contributed by atoms with van der Waals surface area (Å²) in [4.78, 5) is 40.2. The number of hydrogen-bond acceptors (Lipinski definition) is 11. The molecule has 5 N–H and O–H groups in total. The van der Waals surface area contributed by atoms with E-state index < -0.39 is 82.6 Å². The van der Waals surface area contributed by atoms with Crippen molar-refractivity contribution >= 4 is 29.8 Å². The number of aromatic hydroxyl groups is 2. The first-order valence-electron chi connectivity index (χ1n) is 14.8. The van der Waals surface area contributed by atoms with Crippen LogP contribution < -0.4 is 10.1 Å². The smallest absolute Gasteiger partial charge is 0.202 e. The Morgan fingerprint density at radius 3 is 2.39 bits per heavy atom. The maximum Gasteiger partial charge on any atom is 0.202 e. The van der Waals surface area contributed by atoms with E-state index in [0.29, 0.717) is 6.54 Å². The number of hydrogen-bond donors (Lipinski definition) is 5. The number of ether oxygens (including phenoxy) is 3. The lowest BCUT2D eigenvalue weighted by molar-refractivity contribution is -0.249. The van der Waals surface area contributed by atoms with E-state index in [-0.39, 0.29) is 53.3 Å². The number of Topliss-reactive ketones (excluding diaryl/α,β-unsaturated/α-hetero) is 1. The molecule has 3 aromatic carbocycles. The average Bonchev–Trinajstić information content (AvgIpc) is 3.02. The highest BCUT2D eigenvalue weighted by atomic mass is 35.5. The molecule has 2 aliphatic carbocycles. The Morgan fingerprint density at radius 2 is 1.72 bits per heavy atom. The fourth-order valence-corrected chi connectivity index (χ4v) is 6.67. The molecule has 3 aliphatic rings. The molecule has 1 heterocycles. The number of carbonyl (C=O) groups is 3. The van der Waals surface area contributed by atoms with Crippen molar-refractivity contribution in [3.63, 3.8) is 0 Å². The SMILES string of the molecule is COc1cccc2c1C(=O)c1c(O)c3c(c(O)c1C2=O)C[C@@](O)(C(C)=O)C[C@@H]3O[C@H]1C[C@H](NCc2ccccc2)[C@H](O)[C@H](C)O1.Cl. The third-order valence-corrected chi connectivity index (χ3v) is 9.16. The molecule has 1 saturated heterocycles. The molecule has 0 radical (unpaired) electrons. The normalized spacial score (nSPS) is 26.8. The molecule has 3 aromatic rings. The largest absolute Gasteiger partial charge is 0.507 e. The molecule has 6 atom stereocenters. The second kappa shape index (κ2) is 12.7. The standard InChI is InChI=1S/C34H35NO10.ClH/c1-16-29(37)21(35-15-18-8-5-4-6-9-18)12-24(44-16)45-23-14-34(42,17(2)36)13-20-26(23)33(41)28-27(31(20)39)30(38)19-10-7-11-22(43-3)25(19)32(28)40;/h4-11,16,21,23-24,29,35,37,39,41-42H,12-15H2,1-3H3;1H/t16-,21-,23-,24-,29+,34-;/m0./s1. The zero-order valence-corrected chi connectivity index (χ0v) is 26.3. The third-order valence-electron chi connectivity index (χ3n) is 9.16. The van der Waals surface area contributed by atoms with Gasteiger partial charge in [-0.2, -0.15) is 0 Å². The molecule has 0 amide bonds. The number of nitrogens with one attached hydrogen (secondary N) is 1. The highest BCUT2D eigenvalue weighted by molar-refractivity contribution is 6.31. The molecule has 244 valence electrons. The van der Waals surface area contributed by atoms with Crippen LogP contribution in [0.15, 0.2) is 48.5 Å². The molecular weight excluding hydrogens is 618 g/mol. The van der Waals surface area contributed by atoms with Gasteiger partial charge in [0.15, 0.2) is 17.9 Å². The molecule has 0 unspecified atom stereocenters. The molecule has 46 heavy (non-hydrogen) atoms. The number of ketones is 3. The van der Waals surface area contributed by atoms with Crippen LogP contribution in [-0.4, -0.2) is 75.0 Å². The van der Waals surface area contributed by atoms with Crippen LogP contribution in [0.3, 0.4) is 0 Å². The fraction of sp³-hybridized carbons (Fsp3) is 0.382. The van der Waals surface area contributed by atoms with Gasteiger partial charge in [0.1, 0.15) is 22.8 Å². The second-order valence-corrected chi connectivity index (χ2v) is 11.9. The zero-order chi connectivity index (χ0) is 32.2. The average molecular weight is 654 g/mol. The van der Waals surface area contributed by atoms with Crippen LogP contribution in [0.25, 0.3) is 0 Å². The number of aliphatic hydroxyl groups excluding tert-OH is 1. The monoisotopic (exact) mass is 653 g/mol. The molecule has 12 heteroatoms. The highest BCUT2D eigenvalue weighted by Crippen LogP contribution is 2.52. The summed E-state index contributed by atoms with van der Waals surface area (Å²) in [6.07, 6.45) is -4.31. The summed E-state index contributed by atoms with van der Waals surface area (Å²) >= 11 is 0. The van der Waals surface area contributed by atoms with Crippen LogP contribution >= 0.6 is 12.4 Å².